The topological polar surface area (TPSA) is 53.1 Å². The third-order valence-electron chi connectivity index (χ3n) is 3.74. The molecule has 0 saturated heterocycles. The second-order valence-electron chi connectivity index (χ2n) is 7.30. The monoisotopic (exact) mass is 327 g/mol. The van der Waals surface area contributed by atoms with Crippen molar-refractivity contribution in [3.05, 3.63) is 42.1 Å². The highest BCUT2D eigenvalue weighted by atomic mass is 15.1. The Morgan fingerprint density at radius 2 is 1.75 bits per heavy atom. The highest BCUT2D eigenvalue weighted by Crippen LogP contribution is 2.24. The minimum Gasteiger partial charge on any atom is -0.354 e. The zero-order valence-electron chi connectivity index (χ0n) is 15.4. The van der Waals surface area contributed by atoms with Gasteiger partial charge in [-0.05, 0) is 56.2 Å². The molecule has 0 amide bonds. The average Bonchev–Trinajstić information content (AvgIpc) is 2.51. The third kappa shape index (κ3) is 5.81. The van der Waals surface area contributed by atoms with Crippen LogP contribution in [0.15, 0.2) is 36.5 Å². The van der Waals surface area contributed by atoms with Gasteiger partial charge in [-0.2, -0.15) is 4.98 Å². The number of aromatic nitrogens is 2. The first-order valence-corrected chi connectivity index (χ1v) is 8.44. The molecule has 0 bridgehead atoms. The summed E-state index contributed by atoms with van der Waals surface area (Å²) in [6.07, 6.45) is 2.83. The van der Waals surface area contributed by atoms with Crippen molar-refractivity contribution in [3.8, 4) is 0 Å². The molecule has 0 aliphatic rings. The number of rotatable bonds is 7. The molecule has 24 heavy (non-hydrogen) atoms. The van der Waals surface area contributed by atoms with Crippen molar-refractivity contribution in [1.82, 2.24) is 14.9 Å². The molecule has 0 saturated carbocycles. The van der Waals surface area contributed by atoms with Crippen LogP contribution < -0.4 is 10.6 Å². The van der Waals surface area contributed by atoms with Crippen LogP contribution in [-0.4, -0.2) is 42.1 Å². The quantitative estimate of drug-likeness (QED) is 0.756. The highest BCUT2D eigenvalue weighted by Gasteiger charge is 2.12. The minimum absolute atomic E-state index is 0.164. The lowest BCUT2D eigenvalue weighted by atomic mass is 9.87. The van der Waals surface area contributed by atoms with Crippen LogP contribution in [0.1, 0.15) is 32.8 Å². The van der Waals surface area contributed by atoms with Gasteiger partial charge in [0.1, 0.15) is 5.82 Å². The molecule has 5 heteroatoms. The van der Waals surface area contributed by atoms with Crippen molar-refractivity contribution < 1.29 is 0 Å². The first-order chi connectivity index (χ1) is 11.3. The van der Waals surface area contributed by atoms with Gasteiger partial charge in [-0.15, -0.1) is 0 Å². The fourth-order valence-electron chi connectivity index (χ4n) is 2.31. The molecule has 0 spiro atoms. The van der Waals surface area contributed by atoms with Crippen molar-refractivity contribution in [3.63, 3.8) is 0 Å². The molecule has 1 heterocycles. The zero-order chi connectivity index (χ0) is 17.6. The first-order valence-electron chi connectivity index (χ1n) is 8.44. The largest absolute Gasteiger partial charge is 0.354 e. The maximum atomic E-state index is 4.51. The van der Waals surface area contributed by atoms with E-state index in [9.17, 15) is 0 Å². The number of nitrogens with zero attached hydrogens (tertiary/aromatic N) is 3. The van der Waals surface area contributed by atoms with E-state index in [1.165, 1.54) is 5.56 Å². The van der Waals surface area contributed by atoms with Gasteiger partial charge in [0.05, 0.1) is 0 Å². The Morgan fingerprint density at radius 1 is 1.04 bits per heavy atom. The van der Waals surface area contributed by atoms with Gasteiger partial charge in [-0.1, -0.05) is 32.9 Å². The molecular weight excluding hydrogens is 298 g/mol. The average molecular weight is 327 g/mol. The van der Waals surface area contributed by atoms with Crippen molar-refractivity contribution in [2.24, 2.45) is 0 Å². The molecule has 2 rings (SSSR count). The Bertz CT molecular complexity index is 629. The minimum atomic E-state index is 0.164. The van der Waals surface area contributed by atoms with Crippen LogP contribution in [0, 0.1) is 0 Å². The van der Waals surface area contributed by atoms with Gasteiger partial charge >= 0.3 is 0 Å². The number of nitrogens with one attached hydrogen (secondary N) is 2. The fourth-order valence-corrected chi connectivity index (χ4v) is 2.31. The van der Waals surface area contributed by atoms with Crippen LogP contribution in [-0.2, 0) is 5.41 Å². The smallest absolute Gasteiger partial charge is 0.224 e. The Balaban J connectivity index is 1.94. The Hall–Kier alpha value is -2.14. The molecule has 0 aliphatic heterocycles. The molecule has 1 aromatic heterocycles. The Kier molecular flexibility index (Phi) is 6.15. The second kappa shape index (κ2) is 8.11. The van der Waals surface area contributed by atoms with E-state index in [1.807, 2.05) is 6.07 Å². The van der Waals surface area contributed by atoms with Crippen molar-refractivity contribution >= 4 is 17.5 Å². The summed E-state index contributed by atoms with van der Waals surface area (Å²) in [4.78, 5) is 10.9. The van der Waals surface area contributed by atoms with Crippen LogP contribution in [0.25, 0.3) is 0 Å². The number of benzene rings is 1. The lowest BCUT2D eigenvalue weighted by molar-refractivity contribution is 0.405. The fraction of sp³-hybridized carbons (Fsp3) is 0.474. The maximum absolute atomic E-state index is 4.51. The van der Waals surface area contributed by atoms with Crippen LogP contribution >= 0.6 is 0 Å². The Labute approximate surface area is 145 Å². The van der Waals surface area contributed by atoms with Crippen LogP contribution in [0.2, 0.25) is 0 Å². The van der Waals surface area contributed by atoms with E-state index in [1.54, 1.807) is 6.20 Å². The summed E-state index contributed by atoms with van der Waals surface area (Å²) in [5, 5.41) is 6.60. The van der Waals surface area contributed by atoms with Gasteiger partial charge < -0.3 is 15.5 Å². The first kappa shape index (κ1) is 18.2. The van der Waals surface area contributed by atoms with E-state index < -0.39 is 0 Å². The molecule has 1 aromatic carbocycles. The molecule has 0 fully saturated rings. The second-order valence-corrected chi connectivity index (χ2v) is 7.30. The SMILES string of the molecule is CN(C)CCCNc1nccc(Nc2ccc(C(C)(C)C)cc2)n1. The number of anilines is 3. The maximum Gasteiger partial charge on any atom is 0.224 e. The van der Waals surface area contributed by atoms with Crippen molar-refractivity contribution in [2.75, 3.05) is 37.8 Å². The van der Waals surface area contributed by atoms with Gasteiger partial charge in [0, 0.05) is 18.4 Å². The molecular formula is C19H29N5. The number of hydrogen-bond acceptors (Lipinski definition) is 5. The molecule has 0 aliphatic carbocycles. The molecule has 5 nitrogen and oxygen atoms in total. The standard InChI is InChI=1S/C19H29N5/c1-19(2,3)15-7-9-16(10-8-15)22-17-11-13-21-18(23-17)20-12-6-14-24(4)5/h7-11,13H,6,12,14H2,1-5H3,(H2,20,21,22,23). The lowest BCUT2D eigenvalue weighted by Crippen LogP contribution is -2.17. The van der Waals surface area contributed by atoms with Crippen molar-refractivity contribution in [2.45, 2.75) is 32.6 Å². The lowest BCUT2D eigenvalue weighted by Gasteiger charge is -2.19. The zero-order valence-corrected chi connectivity index (χ0v) is 15.4. The van der Waals surface area contributed by atoms with Gasteiger partial charge in [0.25, 0.3) is 0 Å². The van der Waals surface area contributed by atoms with Crippen LogP contribution in [0.5, 0.6) is 0 Å². The van der Waals surface area contributed by atoms with E-state index in [-0.39, 0.29) is 5.41 Å². The summed E-state index contributed by atoms with van der Waals surface area (Å²) in [7, 11) is 4.15. The Morgan fingerprint density at radius 3 is 2.38 bits per heavy atom. The summed E-state index contributed by atoms with van der Waals surface area (Å²) < 4.78 is 0. The molecule has 130 valence electrons. The van der Waals surface area contributed by atoms with E-state index >= 15 is 0 Å². The van der Waals surface area contributed by atoms with Gasteiger partial charge in [0.2, 0.25) is 5.95 Å². The summed E-state index contributed by atoms with van der Waals surface area (Å²) >= 11 is 0. The van der Waals surface area contributed by atoms with Crippen LogP contribution in [0.3, 0.4) is 0 Å². The van der Waals surface area contributed by atoms with Gasteiger partial charge in [-0.3, -0.25) is 0 Å². The molecule has 0 unspecified atom stereocenters. The third-order valence-corrected chi connectivity index (χ3v) is 3.74. The molecule has 2 aromatic rings. The van der Waals surface area contributed by atoms with Gasteiger partial charge in [-0.25, -0.2) is 4.98 Å². The number of hydrogen-bond donors (Lipinski definition) is 2. The normalized spacial score (nSPS) is 11.6. The summed E-state index contributed by atoms with van der Waals surface area (Å²) in [6, 6.07) is 10.4. The molecule has 0 radical (unpaired) electrons. The summed E-state index contributed by atoms with van der Waals surface area (Å²) in [6.45, 7) is 8.56. The van der Waals surface area contributed by atoms with E-state index in [4.69, 9.17) is 0 Å². The van der Waals surface area contributed by atoms with Crippen molar-refractivity contribution in [1.29, 1.82) is 0 Å². The van der Waals surface area contributed by atoms with Gasteiger partial charge in [0.15, 0.2) is 0 Å². The molecule has 2 N–H and O–H groups in total. The summed E-state index contributed by atoms with van der Waals surface area (Å²) in [5.74, 6) is 1.45. The molecule has 0 atom stereocenters. The van der Waals surface area contributed by atoms with E-state index in [2.05, 4.69) is 84.6 Å². The van der Waals surface area contributed by atoms with E-state index in [0.29, 0.717) is 5.95 Å². The summed E-state index contributed by atoms with van der Waals surface area (Å²) in [5.41, 5.74) is 2.51. The van der Waals surface area contributed by atoms with E-state index in [0.717, 1.165) is 31.0 Å². The highest BCUT2D eigenvalue weighted by molar-refractivity contribution is 5.57. The van der Waals surface area contributed by atoms with Crippen LogP contribution in [0.4, 0.5) is 17.5 Å². The predicted octanol–water partition coefficient (Wildman–Crippen LogP) is 3.88. The predicted molar refractivity (Wildman–Crippen MR) is 102 cm³/mol.